The molecule has 0 saturated carbocycles. The van der Waals surface area contributed by atoms with Crippen LogP contribution in [0, 0.1) is 3.95 Å². The lowest BCUT2D eigenvalue weighted by atomic mass is 10.6. The second-order valence-corrected chi connectivity index (χ2v) is 4.39. The fourth-order valence-corrected chi connectivity index (χ4v) is 1.81. The number of nitrogens with zero attached hydrogens (tertiary/aromatic N) is 3. The van der Waals surface area contributed by atoms with Gasteiger partial charge in [0.25, 0.3) is 0 Å². The number of aromatic nitrogens is 4. The standard InChI is InChI=1S/C7H9N5S2/c1-12-3-2-8-5(12)4-9-6-10-11-7(13)14-6/h2-3H,4H2,1H3,(H,9,10)(H,11,13). The van der Waals surface area contributed by atoms with Crippen molar-refractivity contribution in [3.05, 3.63) is 22.2 Å². The minimum absolute atomic E-state index is 0.652. The summed E-state index contributed by atoms with van der Waals surface area (Å²) in [6.45, 7) is 0.652. The third-order valence-corrected chi connectivity index (χ3v) is 2.80. The smallest absolute Gasteiger partial charge is 0.204 e. The highest BCUT2D eigenvalue weighted by Gasteiger charge is 2.00. The highest BCUT2D eigenvalue weighted by atomic mass is 32.1. The Labute approximate surface area is 89.8 Å². The summed E-state index contributed by atoms with van der Waals surface area (Å²) >= 11 is 6.33. The van der Waals surface area contributed by atoms with Gasteiger partial charge in [-0.25, -0.2) is 4.98 Å². The van der Waals surface area contributed by atoms with E-state index in [9.17, 15) is 0 Å². The zero-order chi connectivity index (χ0) is 9.97. The van der Waals surface area contributed by atoms with Crippen molar-refractivity contribution in [3.63, 3.8) is 0 Å². The predicted molar refractivity (Wildman–Crippen MR) is 57.8 cm³/mol. The van der Waals surface area contributed by atoms with Gasteiger partial charge < -0.3 is 9.88 Å². The van der Waals surface area contributed by atoms with E-state index in [-0.39, 0.29) is 0 Å². The molecule has 0 spiro atoms. The van der Waals surface area contributed by atoms with E-state index in [1.54, 1.807) is 6.20 Å². The van der Waals surface area contributed by atoms with E-state index in [2.05, 4.69) is 20.5 Å². The average molecular weight is 227 g/mol. The van der Waals surface area contributed by atoms with Crippen LogP contribution in [0.3, 0.4) is 0 Å². The number of aromatic amines is 1. The van der Waals surface area contributed by atoms with Crippen molar-refractivity contribution in [1.82, 2.24) is 19.7 Å². The van der Waals surface area contributed by atoms with Gasteiger partial charge in [-0.1, -0.05) is 11.3 Å². The van der Waals surface area contributed by atoms with Crippen molar-refractivity contribution in [1.29, 1.82) is 0 Å². The number of hydrogen-bond donors (Lipinski definition) is 2. The first-order valence-electron chi connectivity index (χ1n) is 4.01. The zero-order valence-electron chi connectivity index (χ0n) is 7.52. The molecule has 0 unspecified atom stereocenters. The molecule has 0 radical (unpaired) electrons. The van der Waals surface area contributed by atoms with Gasteiger partial charge in [0.2, 0.25) is 5.13 Å². The molecule has 2 rings (SSSR count). The lowest BCUT2D eigenvalue weighted by Gasteiger charge is -2.01. The number of rotatable bonds is 3. The molecule has 14 heavy (non-hydrogen) atoms. The van der Waals surface area contributed by atoms with Crippen molar-refractivity contribution in [2.24, 2.45) is 7.05 Å². The van der Waals surface area contributed by atoms with Crippen LogP contribution in [-0.2, 0) is 13.6 Å². The molecule has 0 aliphatic rings. The number of H-pyrrole nitrogens is 1. The molecule has 2 heterocycles. The minimum Gasteiger partial charge on any atom is -0.353 e. The first kappa shape index (κ1) is 9.35. The molecule has 0 atom stereocenters. The molecule has 7 heteroatoms. The molecule has 0 saturated heterocycles. The van der Waals surface area contributed by atoms with Crippen molar-refractivity contribution >= 4 is 28.7 Å². The van der Waals surface area contributed by atoms with E-state index >= 15 is 0 Å². The Bertz CT molecular complexity index is 468. The summed E-state index contributed by atoms with van der Waals surface area (Å²) in [5.41, 5.74) is 0. The Balaban J connectivity index is 2.01. The van der Waals surface area contributed by atoms with Crippen LogP contribution in [0.25, 0.3) is 0 Å². The monoisotopic (exact) mass is 227 g/mol. The number of hydrogen-bond acceptors (Lipinski definition) is 5. The van der Waals surface area contributed by atoms with Gasteiger partial charge in [-0.05, 0) is 12.2 Å². The van der Waals surface area contributed by atoms with Crippen molar-refractivity contribution in [2.45, 2.75) is 6.54 Å². The van der Waals surface area contributed by atoms with Gasteiger partial charge in [0.1, 0.15) is 5.82 Å². The first-order valence-corrected chi connectivity index (χ1v) is 5.24. The van der Waals surface area contributed by atoms with E-state index in [0.29, 0.717) is 10.5 Å². The van der Waals surface area contributed by atoms with Crippen LogP contribution in [-0.4, -0.2) is 19.7 Å². The van der Waals surface area contributed by atoms with Gasteiger partial charge >= 0.3 is 0 Å². The molecule has 0 aliphatic heterocycles. The maximum Gasteiger partial charge on any atom is 0.204 e. The summed E-state index contributed by atoms with van der Waals surface area (Å²) in [4.78, 5) is 4.18. The van der Waals surface area contributed by atoms with Crippen LogP contribution in [0.4, 0.5) is 5.13 Å². The van der Waals surface area contributed by atoms with Crippen LogP contribution in [0.15, 0.2) is 12.4 Å². The second-order valence-electron chi connectivity index (χ2n) is 2.73. The van der Waals surface area contributed by atoms with Crippen molar-refractivity contribution in [2.75, 3.05) is 5.32 Å². The summed E-state index contributed by atoms with van der Waals surface area (Å²) in [6.07, 6.45) is 3.67. The fourth-order valence-electron chi connectivity index (χ4n) is 1.03. The average Bonchev–Trinajstić information content (AvgIpc) is 2.72. The normalized spacial score (nSPS) is 10.4. The van der Waals surface area contributed by atoms with Crippen molar-refractivity contribution in [3.8, 4) is 0 Å². The largest absolute Gasteiger partial charge is 0.353 e. The Hall–Kier alpha value is -1.21. The van der Waals surface area contributed by atoms with E-state index in [0.717, 1.165) is 11.0 Å². The van der Waals surface area contributed by atoms with Crippen molar-refractivity contribution < 1.29 is 0 Å². The molecule has 2 aromatic rings. The molecule has 0 aliphatic carbocycles. The van der Waals surface area contributed by atoms with E-state index < -0.39 is 0 Å². The van der Waals surface area contributed by atoms with Crippen LogP contribution >= 0.6 is 23.6 Å². The van der Waals surface area contributed by atoms with Crippen LogP contribution < -0.4 is 5.32 Å². The molecule has 0 bridgehead atoms. The van der Waals surface area contributed by atoms with Gasteiger partial charge in [0, 0.05) is 19.4 Å². The summed E-state index contributed by atoms with van der Waals surface area (Å²) in [5.74, 6) is 0.964. The summed E-state index contributed by atoms with van der Waals surface area (Å²) in [6, 6.07) is 0. The Kier molecular flexibility index (Phi) is 2.60. The van der Waals surface area contributed by atoms with Gasteiger partial charge in [-0.15, -0.1) is 5.10 Å². The third-order valence-electron chi connectivity index (χ3n) is 1.76. The van der Waals surface area contributed by atoms with E-state index in [1.807, 2.05) is 17.8 Å². The van der Waals surface area contributed by atoms with Gasteiger partial charge in [0.15, 0.2) is 3.95 Å². The van der Waals surface area contributed by atoms with Gasteiger partial charge in [-0.2, -0.15) is 0 Å². The second kappa shape index (κ2) is 3.89. The number of anilines is 1. The molecule has 2 N–H and O–H groups in total. The highest BCUT2D eigenvalue weighted by Crippen LogP contribution is 2.11. The predicted octanol–water partition coefficient (Wildman–Crippen LogP) is 1.55. The number of nitrogens with one attached hydrogen (secondary N) is 2. The molecule has 0 amide bonds. The SMILES string of the molecule is Cn1ccnc1CNc1n[nH]c(=S)s1. The fraction of sp³-hybridized carbons (Fsp3) is 0.286. The molecular weight excluding hydrogens is 218 g/mol. The first-order chi connectivity index (χ1) is 6.75. The van der Waals surface area contributed by atoms with Crippen LogP contribution in [0.5, 0.6) is 0 Å². The maximum absolute atomic E-state index is 4.91. The van der Waals surface area contributed by atoms with Gasteiger partial charge in [0.05, 0.1) is 6.54 Å². The Morgan fingerprint density at radius 3 is 3.14 bits per heavy atom. The minimum atomic E-state index is 0.652. The lowest BCUT2D eigenvalue weighted by Crippen LogP contribution is -2.05. The summed E-state index contributed by atoms with van der Waals surface area (Å²) in [5, 5.41) is 10.6. The topological polar surface area (TPSA) is 58.5 Å². The molecule has 0 fully saturated rings. The quantitative estimate of drug-likeness (QED) is 0.781. The molecule has 0 aromatic carbocycles. The molecular formula is C7H9N5S2. The van der Waals surface area contributed by atoms with E-state index in [1.165, 1.54) is 11.3 Å². The van der Waals surface area contributed by atoms with Gasteiger partial charge in [-0.3, -0.25) is 5.10 Å². The Morgan fingerprint density at radius 2 is 2.57 bits per heavy atom. The number of imidazole rings is 1. The molecule has 74 valence electrons. The Morgan fingerprint density at radius 1 is 1.71 bits per heavy atom. The lowest BCUT2D eigenvalue weighted by molar-refractivity contribution is 0.811. The molecule has 5 nitrogen and oxygen atoms in total. The van der Waals surface area contributed by atoms with Crippen LogP contribution in [0.1, 0.15) is 5.82 Å². The van der Waals surface area contributed by atoms with E-state index in [4.69, 9.17) is 12.2 Å². The number of aryl methyl sites for hydroxylation is 1. The third kappa shape index (κ3) is 1.99. The summed E-state index contributed by atoms with van der Waals surface area (Å²) in [7, 11) is 1.95. The highest BCUT2D eigenvalue weighted by molar-refractivity contribution is 7.73. The summed E-state index contributed by atoms with van der Waals surface area (Å²) < 4.78 is 2.63. The zero-order valence-corrected chi connectivity index (χ0v) is 9.15. The molecule has 2 aromatic heterocycles. The van der Waals surface area contributed by atoms with Crippen LogP contribution in [0.2, 0.25) is 0 Å². The maximum atomic E-state index is 4.91.